The summed E-state index contributed by atoms with van der Waals surface area (Å²) in [7, 11) is -3.63. The van der Waals surface area contributed by atoms with Crippen LogP contribution in [0, 0.1) is 0 Å². The van der Waals surface area contributed by atoms with E-state index in [1.165, 1.54) is 4.31 Å². The van der Waals surface area contributed by atoms with Gasteiger partial charge in [0.25, 0.3) is 0 Å². The zero-order valence-corrected chi connectivity index (χ0v) is 12.8. The summed E-state index contributed by atoms with van der Waals surface area (Å²) >= 11 is 0. The molecule has 1 aliphatic rings. The molecule has 0 fully saturated rings. The van der Waals surface area contributed by atoms with Gasteiger partial charge in [-0.05, 0) is 11.6 Å². The minimum atomic E-state index is -3.63. The van der Waals surface area contributed by atoms with E-state index >= 15 is 0 Å². The average molecular weight is 319 g/mol. The molecule has 22 heavy (non-hydrogen) atoms. The van der Waals surface area contributed by atoms with Crippen LogP contribution in [-0.4, -0.2) is 31.0 Å². The van der Waals surface area contributed by atoms with Gasteiger partial charge in [0.2, 0.25) is 10.0 Å². The van der Waals surface area contributed by atoms with E-state index in [4.69, 9.17) is 0 Å². The number of hydrogen-bond acceptors (Lipinski definition) is 4. The Balaban J connectivity index is 2.25. The van der Waals surface area contributed by atoms with E-state index in [2.05, 4.69) is 0 Å². The van der Waals surface area contributed by atoms with Crippen LogP contribution >= 0.6 is 0 Å². The minimum Gasteiger partial charge on any atom is -0.387 e. The molecule has 0 saturated carbocycles. The Bertz CT molecular complexity index is 776. The summed E-state index contributed by atoms with van der Waals surface area (Å²) in [4.78, 5) is 0. The Morgan fingerprint density at radius 1 is 0.955 bits per heavy atom. The quantitative estimate of drug-likeness (QED) is 0.881. The highest BCUT2D eigenvalue weighted by Crippen LogP contribution is 2.44. The number of para-hydroxylation sites is 1. The van der Waals surface area contributed by atoms with Crippen molar-refractivity contribution in [3.8, 4) is 0 Å². The predicted octanol–water partition coefficient (Wildman–Crippen LogP) is 1.60. The number of fused-ring (bicyclic) bond motifs is 1. The van der Waals surface area contributed by atoms with Crippen molar-refractivity contribution >= 4 is 15.7 Å². The second-order valence-electron chi connectivity index (χ2n) is 5.41. The van der Waals surface area contributed by atoms with Crippen molar-refractivity contribution in [1.82, 2.24) is 0 Å². The summed E-state index contributed by atoms with van der Waals surface area (Å²) in [6.45, 7) is 0. The third-order valence-electron chi connectivity index (χ3n) is 3.89. The summed E-state index contributed by atoms with van der Waals surface area (Å²) in [6.07, 6.45) is -1.28. The maximum absolute atomic E-state index is 12.3. The van der Waals surface area contributed by atoms with Crippen LogP contribution in [0.15, 0.2) is 54.6 Å². The van der Waals surface area contributed by atoms with Crippen LogP contribution in [-0.2, 0) is 10.0 Å². The van der Waals surface area contributed by atoms with Crippen LogP contribution in [0.4, 0.5) is 5.69 Å². The predicted molar refractivity (Wildman–Crippen MR) is 83.9 cm³/mol. The third-order valence-corrected chi connectivity index (χ3v) is 5.03. The zero-order chi connectivity index (χ0) is 15.9. The highest BCUT2D eigenvalue weighted by atomic mass is 32.2. The molecule has 0 spiro atoms. The molecule has 2 aromatic carbocycles. The van der Waals surface area contributed by atoms with E-state index in [1.807, 2.05) is 6.07 Å². The minimum absolute atomic E-state index is 0.400. The fraction of sp³-hybridized carbons (Fsp3) is 0.250. The van der Waals surface area contributed by atoms with E-state index in [0.29, 0.717) is 16.8 Å². The Morgan fingerprint density at radius 2 is 1.55 bits per heavy atom. The van der Waals surface area contributed by atoms with E-state index in [-0.39, 0.29) is 0 Å². The molecule has 0 unspecified atom stereocenters. The lowest BCUT2D eigenvalue weighted by Gasteiger charge is -2.42. The van der Waals surface area contributed by atoms with Gasteiger partial charge in [-0.1, -0.05) is 48.5 Å². The van der Waals surface area contributed by atoms with E-state index < -0.39 is 28.3 Å². The summed E-state index contributed by atoms with van der Waals surface area (Å²) in [5.74, 6) is 0. The monoisotopic (exact) mass is 319 g/mol. The fourth-order valence-corrected chi connectivity index (χ4v) is 4.13. The lowest BCUT2D eigenvalue weighted by molar-refractivity contribution is -0.00198. The third kappa shape index (κ3) is 2.39. The lowest BCUT2D eigenvalue weighted by Crippen LogP contribution is -2.46. The highest BCUT2D eigenvalue weighted by molar-refractivity contribution is 7.92. The molecule has 0 aliphatic carbocycles. The smallest absolute Gasteiger partial charge is 0.232 e. The SMILES string of the molecule is CS(=O)(=O)N1c2ccccc2[C@H](O)[C@@H](O)[C@@H]1c1ccccc1. The summed E-state index contributed by atoms with van der Waals surface area (Å²) < 4.78 is 25.8. The zero-order valence-electron chi connectivity index (χ0n) is 12.0. The molecule has 5 nitrogen and oxygen atoms in total. The maximum Gasteiger partial charge on any atom is 0.232 e. The number of nitrogens with zero attached hydrogens (tertiary/aromatic N) is 1. The van der Waals surface area contributed by atoms with Crippen molar-refractivity contribution in [1.29, 1.82) is 0 Å². The number of hydrogen-bond donors (Lipinski definition) is 2. The first kappa shape index (κ1) is 15.0. The molecule has 3 atom stereocenters. The summed E-state index contributed by atoms with van der Waals surface area (Å²) in [5.41, 5.74) is 1.44. The molecule has 0 saturated heterocycles. The van der Waals surface area contributed by atoms with Gasteiger partial charge in [0.1, 0.15) is 12.2 Å². The Kier molecular flexibility index (Phi) is 3.68. The standard InChI is InChI=1S/C16H17NO4S/c1-22(20,21)17-13-10-6-5-9-12(13)15(18)16(19)14(17)11-7-3-2-4-8-11/h2-10,14-16,18-19H,1H3/t14-,15-,16-/m0/s1. The van der Waals surface area contributed by atoms with Crippen molar-refractivity contribution in [2.75, 3.05) is 10.6 Å². The van der Waals surface area contributed by atoms with E-state index in [1.54, 1.807) is 48.5 Å². The van der Waals surface area contributed by atoms with Gasteiger partial charge in [0.15, 0.2) is 0 Å². The van der Waals surface area contributed by atoms with Crippen molar-refractivity contribution < 1.29 is 18.6 Å². The Morgan fingerprint density at radius 3 is 2.18 bits per heavy atom. The molecule has 1 heterocycles. The van der Waals surface area contributed by atoms with Crippen LogP contribution < -0.4 is 4.31 Å². The first-order valence-electron chi connectivity index (χ1n) is 6.90. The van der Waals surface area contributed by atoms with Gasteiger partial charge in [0.05, 0.1) is 18.0 Å². The largest absolute Gasteiger partial charge is 0.387 e. The van der Waals surface area contributed by atoms with E-state index in [9.17, 15) is 18.6 Å². The molecule has 0 amide bonds. The normalized spacial score (nSPS) is 24.9. The van der Waals surface area contributed by atoms with E-state index in [0.717, 1.165) is 6.26 Å². The van der Waals surface area contributed by atoms with Gasteiger partial charge >= 0.3 is 0 Å². The molecule has 2 aromatic rings. The molecule has 1 aliphatic heterocycles. The number of aliphatic hydroxyl groups is 2. The first-order valence-corrected chi connectivity index (χ1v) is 8.75. The summed E-state index contributed by atoms with van der Waals surface area (Å²) in [5, 5.41) is 20.9. The van der Waals surface area contributed by atoms with Crippen LogP contribution in [0.3, 0.4) is 0 Å². The van der Waals surface area contributed by atoms with Crippen LogP contribution in [0.1, 0.15) is 23.3 Å². The lowest BCUT2D eigenvalue weighted by atomic mass is 9.88. The highest BCUT2D eigenvalue weighted by Gasteiger charge is 2.43. The van der Waals surface area contributed by atoms with Gasteiger partial charge in [0, 0.05) is 5.56 Å². The molecule has 3 rings (SSSR count). The molecule has 0 aromatic heterocycles. The van der Waals surface area contributed by atoms with Gasteiger partial charge < -0.3 is 10.2 Å². The second kappa shape index (κ2) is 5.39. The molecule has 0 radical (unpaired) electrons. The molecule has 2 N–H and O–H groups in total. The Labute approximate surface area is 129 Å². The Hall–Kier alpha value is -1.89. The average Bonchev–Trinajstić information content (AvgIpc) is 2.50. The number of rotatable bonds is 2. The van der Waals surface area contributed by atoms with Crippen LogP contribution in [0.5, 0.6) is 0 Å². The molecular weight excluding hydrogens is 302 g/mol. The molecule has 0 bridgehead atoms. The van der Waals surface area contributed by atoms with Gasteiger partial charge in [-0.25, -0.2) is 8.42 Å². The maximum atomic E-state index is 12.3. The van der Waals surface area contributed by atoms with Gasteiger partial charge in [-0.3, -0.25) is 4.31 Å². The first-order chi connectivity index (χ1) is 10.4. The van der Waals surface area contributed by atoms with Crippen molar-refractivity contribution in [2.24, 2.45) is 0 Å². The summed E-state index contributed by atoms with van der Waals surface area (Å²) in [6, 6.07) is 14.7. The number of benzene rings is 2. The van der Waals surface area contributed by atoms with Gasteiger partial charge in [-0.15, -0.1) is 0 Å². The molecule has 6 heteroatoms. The fourth-order valence-electron chi connectivity index (χ4n) is 2.95. The number of anilines is 1. The van der Waals surface area contributed by atoms with Gasteiger partial charge in [-0.2, -0.15) is 0 Å². The topological polar surface area (TPSA) is 77.8 Å². The van der Waals surface area contributed by atoms with Crippen LogP contribution in [0.25, 0.3) is 0 Å². The molecule has 116 valence electrons. The van der Waals surface area contributed by atoms with Crippen molar-refractivity contribution in [2.45, 2.75) is 18.2 Å². The number of aliphatic hydroxyl groups excluding tert-OH is 2. The van der Waals surface area contributed by atoms with Crippen molar-refractivity contribution in [3.63, 3.8) is 0 Å². The number of sulfonamides is 1. The molecular formula is C16H17NO4S. The van der Waals surface area contributed by atoms with Crippen LogP contribution in [0.2, 0.25) is 0 Å². The van der Waals surface area contributed by atoms with Crippen molar-refractivity contribution in [3.05, 3.63) is 65.7 Å². The second-order valence-corrected chi connectivity index (χ2v) is 7.27.